The molecule has 0 aromatic heterocycles. The topological polar surface area (TPSA) is 72.9 Å². The lowest BCUT2D eigenvalue weighted by Gasteiger charge is -2.44. The average molecular weight is 422 g/mol. The molecule has 164 valence electrons. The van der Waals surface area contributed by atoms with Crippen LogP contribution >= 0.6 is 0 Å². The molecular formula is C25H31N3O3. The predicted molar refractivity (Wildman–Crippen MR) is 121 cm³/mol. The number of piperidine rings is 1. The smallest absolute Gasteiger partial charge is 0.407 e. The van der Waals surface area contributed by atoms with E-state index in [1.165, 1.54) is 16.7 Å². The standard InChI is InChI=1S/C25H31N3O3/c1-25(2,3)22-14-18(12-13-28(22)24(30)31)17-8-10-21(11-9-17)26-23(29)27-15-19-6-4-5-7-20(19)16-27/h4-11,18,22H,12-16H2,1-3H3,(H,26,29)(H,30,31). The van der Waals surface area contributed by atoms with Gasteiger partial charge in [0.2, 0.25) is 0 Å². The Labute approximate surface area is 183 Å². The summed E-state index contributed by atoms with van der Waals surface area (Å²) in [4.78, 5) is 27.8. The normalized spacial score (nSPS) is 21.0. The van der Waals surface area contributed by atoms with Crippen LogP contribution in [0.1, 0.15) is 56.2 Å². The Morgan fingerprint density at radius 3 is 2.16 bits per heavy atom. The molecule has 2 unspecified atom stereocenters. The van der Waals surface area contributed by atoms with Gasteiger partial charge in [-0.05, 0) is 53.0 Å². The van der Waals surface area contributed by atoms with Gasteiger partial charge in [-0.2, -0.15) is 0 Å². The summed E-state index contributed by atoms with van der Waals surface area (Å²) in [7, 11) is 0. The van der Waals surface area contributed by atoms with Gasteiger partial charge in [-0.3, -0.25) is 0 Å². The lowest BCUT2D eigenvalue weighted by Crippen LogP contribution is -2.51. The fourth-order valence-corrected chi connectivity index (χ4v) is 4.84. The third kappa shape index (κ3) is 4.53. The molecule has 6 nitrogen and oxygen atoms in total. The molecule has 31 heavy (non-hydrogen) atoms. The van der Waals surface area contributed by atoms with Crippen LogP contribution in [0.2, 0.25) is 0 Å². The van der Waals surface area contributed by atoms with Crippen LogP contribution in [-0.4, -0.2) is 39.6 Å². The monoisotopic (exact) mass is 421 g/mol. The summed E-state index contributed by atoms with van der Waals surface area (Å²) in [6.07, 6.45) is 0.796. The maximum atomic E-state index is 12.7. The van der Waals surface area contributed by atoms with E-state index in [4.69, 9.17) is 0 Å². The van der Waals surface area contributed by atoms with E-state index in [1.807, 2.05) is 29.2 Å². The number of carbonyl (C=O) groups excluding carboxylic acids is 1. The average Bonchev–Trinajstić information content (AvgIpc) is 3.18. The molecule has 2 aromatic carbocycles. The van der Waals surface area contributed by atoms with Gasteiger partial charge in [0.15, 0.2) is 0 Å². The van der Waals surface area contributed by atoms with Crippen molar-refractivity contribution in [3.05, 3.63) is 65.2 Å². The lowest BCUT2D eigenvalue weighted by atomic mass is 9.75. The molecule has 0 radical (unpaired) electrons. The summed E-state index contributed by atoms with van der Waals surface area (Å²) in [5, 5.41) is 12.6. The van der Waals surface area contributed by atoms with Gasteiger partial charge in [-0.25, -0.2) is 9.59 Å². The maximum Gasteiger partial charge on any atom is 0.407 e. The van der Waals surface area contributed by atoms with Crippen LogP contribution < -0.4 is 5.32 Å². The van der Waals surface area contributed by atoms with Crippen LogP contribution in [0.4, 0.5) is 15.3 Å². The van der Waals surface area contributed by atoms with Gasteiger partial charge in [0.1, 0.15) is 0 Å². The van der Waals surface area contributed by atoms with Crippen molar-refractivity contribution in [1.29, 1.82) is 0 Å². The van der Waals surface area contributed by atoms with Crippen molar-refractivity contribution in [3.63, 3.8) is 0 Å². The minimum atomic E-state index is -0.833. The first-order chi connectivity index (χ1) is 14.7. The number of carbonyl (C=O) groups is 2. The minimum absolute atomic E-state index is 0.0140. The zero-order valence-electron chi connectivity index (χ0n) is 18.5. The van der Waals surface area contributed by atoms with E-state index in [2.05, 4.69) is 50.4 Å². The van der Waals surface area contributed by atoms with Crippen LogP contribution in [0.15, 0.2) is 48.5 Å². The van der Waals surface area contributed by atoms with Crippen molar-refractivity contribution < 1.29 is 14.7 Å². The van der Waals surface area contributed by atoms with Gasteiger partial charge in [-0.15, -0.1) is 0 Å². The van der Waals surface area contributed by atoms with Gasteiger partial charge in [0, 0.05) is 31.4 Å². The van der Waals surface area contributed by atoms with Crippen molar-refractivity contribution >= 4 is 17.8 Å². The van der Waals surface area contributed by atoms with Crippen molar-refractivity contribution in [1.82, 2.24) is 9.80 Å². The number of likely N-dealkylation sites (tertiary alicyclic amines) is 1. The molecule has 0 bridgehead atoms. The second-order valence-corrected chi connectivity index (χ2v) is 9.76. The van der Waals surface area contributed by atoms with E-state index < -0.39 is 6.09 Å². The molecule has 2 N–H and O–H groups in total. The molecule has 2 heterocycles. The summed E-state index contributed by atoms with van der Waals surface area (Å²) in [5.74, 6) is 0.317. The first kappa shape index (κ1) is 21.2. The van der Waals surface area contributed by atoms with Crippen molar-refractivity contribution in [2.75, 3.05) is 11.9 Å². The highest BCUT2D eigenvalue weighted by Gasteiger charge is 2.39. The molecular weight excluding hydrogens is 390 g/mol. The van der Waals surface area contributed by atoms with E-state index in [-0.39, 0.29) is 17.5 Å². The Morgan fingerprint density at radius 1 is 1.00 bits per heavy atom. The number of urea groups is 1. The van der Waals surface area contributed by atoms with E-state index in [9.17, 15) is 14.7 Å². The second kappa shape index (κ2) is 8.25. The molecule has 1 saturated heterocycles. The number of anilines is 1. The number of amides is 3. The first-order valence-corrected chi connectivity index (χ1v) is 10.9. The van der Waals surface area contributed by atoms with Crippen molar-refractivity contribution in [2.24, 2.45) is 5.41 Å². The zero-order valence-corrected chi connectivity index (χ0v) is 18.5. The largest absolute Gasteiger partial charge is 0.465 e. The van der Waals surface area contributed by atoms with E-state index >= 15 is 0 Å². The van der Waals surface area contributed by atoms with Crippen LogP contribution in [-0.2, 0) is 13.1 Å². The number of carboxylic acid groups (broad SMARTS) is 1. The Kier molecular flexibility index (Phi) is 5.65. The lowest BCUT2D eigenvalue weighted by molar-refractivity contribution is 0.0526. The number of hydrogen-bond donors (Lipinski definition) is 2. The van der Waals surface area contributed by atoms with Crippen LogP contribution in [0.3, 0.4) is 0 Å². The second-order valence-electron chi connectivity index (χ2n) is 9.76. The fraction of sp³-hybridized carbons (Fsp3) is 0.440. The summed E-state index contributed by atoms with van der Waals surface area (Å²) < 4.78 is 0. The highest BCUT2D eigenvalue weighted by atomic mass is 16.4. The summed E-state index contributed by atoms with van der Waals surface area (Å²) >= 11 is 0. The zero-order chi connectivity index (χ0) is 22.2. The Morgan fingerprint density at radius 2 is 1.61 bits per heavy atom. The van der Waals surface area contributed by atoms with Crippen molar-refractivity contribution in [3.8, 4) is 0 Å². The molecule has 6 heteroatoms. The fourth-order valence-electron chi connectivity index (χ4n) is 4.84. The molecule has 0 saturated carbocycles. The van der Waals surface area contributed by atoms with Gasteiger partial charge in [0.25, 0.3) is 0 Å². The van der Waals surface area contributed by atoms with Crippen LogP contribution in [0.25, 0.3) is 0 Å². The quantitative estimate of drug-likeness (QED) is 0.672. The number of benzene rings is 2. The number of hydrogen-bond acceptors (Lipinski definition) is 2. The van der Waals surface area contributed by atoms with Gasteiger partial charge in [0.05, 0.1) is 0 Å². The number of nitrogens with one attached hydrogen (secondary N) is 1. The Balaban J connectivity index is 1.39. The minimum Gasteiger partial charge on any atom is -0.465 e. The molecule has 2 aliphatic heterocycles. The van der Waals surface area contributed by atoms with E-state index in [1.54, 1.807) is 4.90 Å². The molecule has 2 atom stereocenters. The Hall–Kier alpha value is -3.02. The molecule has 3 amide bonds. The Bertz CT molecular complexity index is 940. The molecule has 0 aliphatic carbocycles. The highest BCUT2D eigenvalue weighted by Crippen LogP contribution is 2.39. The van der Waals surface area contributed by atoms with Gasteiger partial charge >= 0.3 is 12.1 Å². The van der Waals surface area contributed by atoms with Crippen LogP contribution in [0, 0.1) is 5.41 Å². The van der Waals surface area contributed by atoms with Crippen molar-refractivity contribution in [2.45, 2.75) is 58.7 Å². The molecule has 2 aliphatic rings. The molecule has 2 aromatic rings. The van der Waals surface area contributed by atoms with Gasteiger partial charge in [-0.1, -0.05) is 57.2 Å². The van der Waals surface area contributed by atoms with Gasteiger partial charge < -0.3 is 20.2 Å². The molecule has 1 fully saturated rings. The summed E-state index contributed by atoms with van der Waals surface area (Å²) in [6, 6.07) is 16.1. The third-order valence-electron chi connectivity index (χ3n) is 6.61. The summed E-state index contributed by atoms with van der Waals surface area (Å²) in [6.45, 7) is 8.13. The first-order valence-electron chi connectivity index (χ1n) is 10.9. The number of rotatable bonds is 2. The summed E-state index contributed by atoms with van der Waals surface area (Å²) in [5.41, 5.74) is 4.27. The number of nitrogens with zero attached hydrogens (tertiary/aromatic N) is 2. The number of fused-ring (bicyclic) bond motifs is 1. The maximum absolute atomic E-state index is 12.7. The molecule has 0 spiro atoms. The molecule has 4 rings (SSSR count). The highest BCUT2D eigenvalue weighted by molar-refractivity contribution is 5.89. The predicted octanol–water partition coefficient (Wildman–Crippen LogP) is 5.51. The van der Waals surface area contributed by atoms with E-state index in [0.717, 1.165) is 18.5 Å². The third-order valence-corrected chi connectivity index (χ3v) is 6.61. The SMILES string of the molecule is CC(C)(C)C1CC(c2ccc(NC(=O)N3Cc4ccccc4C3)cc2)CCN1C(=O)O. The van der Waals surface area contributed by atoms with E-state index in [0.29, 0.717) is 25.6 Å². The van der Waals surface area contributed by atoms with Crippen LogP contribution in [0.5, 0.6) is 0 Å².